The largest absolute Gasteiger partial charge is 0.376 e. The lowest BCUT2D eigenvalue weighted by molar-refractivity contribution is -0.118. The zero-order chi connectivity index (χ0) is 15.6. The number of hydrogen-bond donors (Lipinski definition) is 2. The highest BCUT2D eigenvalue weighted by molar-refractivity contribution is 5.73. The molecule has 1 aromatic heterocycles. The number of carbonyl (C=O) groups excluding carboxylic acids is 1. The van der Waals surface area contributed by atoms with Crippen molar-refractivity contribution in [3.05, 3.63) is 46.8 Å². The number of nitrogens with zero attached hydrogens (tertiary/aromatic N) is 2. The van der Waals surface area contributed by atoms with Gasteiger partial charge in [0.1, 0.15) is 6.54 Å². The Labute approximate surface area is 125 Å². The third kappa shape index (κ3) is 3.62. The van der Waals surface area contributed by atoms with Gasteiger partial charge in [0.05, 0.1) is 11.9 Å². The van der Waals surface area contributed by atoms with Gasteiger partial charge in [-0.3, -0.25) is 9.48 Å². The van der Waals surface area contributed by atoms with E-state index in [4.69, 9.17) is 5.73 Å². The molecule has 2 rings (SSSR count). The van der Waals surface area contributed by atoms with E-state index in [0.717, 1.165) is 5.69 Å². The van der Waals surface area contributed by atoms with E-state index < -0.39 is 5.91 Å². The Kier molecular flexibility index (Phi) is 4.31. The Bertz CT molecular complexity index is 660. The molecule has 0 aliphatic rings. The molecule has 0 saturated heterocycles. The molecule has 5 nitrogen and oxygen atoms in total. The van der Waals surface area contributed by atoms with Gasteiger partial charge in [-0.05, 0) is 49.9 Å². The Morgan fingerprint density at radius 3 is 2.62 bits per heavy atom. The van der Waals surface area contributed by atoms with Crippen LogP contribution in [0.25, 0.3) is 0 Å². The second kappa shape index (κ2) is 5.99. The fourth-order valence-corrected chi connectivity index (χ4v) is 2.46. The smallest absolute Gasteiger partial charge is 0.239 e. The molecule has 1 aromatic carbocycles. The first-order chi connectivity index (χ1) is 9.86. The molecule has 1 unspecified atom stereocenters. The summed E-state index contributed by atoms with van der Waals surface area (Å²) < 4.78 is 1.53. The second-order valence-corrected chi connectivity index (χ2v) is 5.55. The number of aromatic nitrogens is 2. The van der Waals surface area contributed by atoms with Gasteiger partial charge in [0, 0.05) is 12.2 Å². The number of anilines is 1. The summed E-state index contributed by atoms with van der Waals surface area (Å²) in [4.78, 5) is 10.9. The van der Waals surface area contributed by atoms with Crippen LogP contribution in [0.1, 0.15) is 35.2 Å². The molecule has 0 aliphatic heterocycles. The molecule has 0 radical (unpaired) electrons. The minimum Gasteiger partial charge on any atom is -0.376 e. The van der Waals surface area contributed by atoms with Crippen LogP contribution < -0.4 is 11.1 Å². The van der Waals surface area contributed by atoms with Gasteiger partial charge in [-0.1, -0.05) is 12.1 Å². The van der Waals surface area contributed by atoms with Crippen molar-refractivity contribution in [3.8, 4) is 0 Å². The molecule has 0 fully saturated rings. The Morgan fingerprint density at radius 2 is 1.95 bits per heavy atom. The maximum absolute atomic E-state index is 10.9. The lowest BCUT2D eigenvalue weighted by Gasteiger charge is -2.18. The predicted molar refractivity (Wildman–Crippen MR) is 84.1 cm³/mol. The third-order valence-corrected chi connectivity index (χ3v) is 3.68. The number of nitrogens with two attached hydrogens (primary N) is 1. The van der Waals surface area contributed by atoms with Crippen molar-refractivity contribution in [1.29, 1.82) is 0 Å². The van der Waals surface area contributed by atoms with Crippen LogP contribution in [0.2, 0.25) is 0 Å². The number of nitrogens with one attached hydrogen (secondary N) is 1. The number of hydrogen-bond acceptors (Lipinski definition) is 3. The van der Waals surface area contributed by atoms with Gasteiger partial charge in [-0.25, -0.2) is 0 Å². The number of benzene rings is 1. The van der Waals surface area contributed by atoms with E-state index in [-0.39, 0.29) is 12.6 Å². The summed E-state index contributed by atoms with van der Waals surface area (Å²) in [5.74, 6) is -0.400. The molecule has 0 bridgehead atoms. The molecule has 21 heavy (non-hydrogen) atoms. The first-order valence-electron chi connectivity index (χ1n) is 7.02. The van der Waals surface area contributed by atoms with E-state index in [0.29, 0.717) is 0 Å². The van der Waals surface area contributed by atoms with Gasteiger partial charge in [0.2, 0.25) is 5.91 Å². The zero-order valence-corrected chi connectivity index (χ0v) is 13.0. The molecular formula is C16H22N4O. The van der Waals surface area contributed by atoms with Crippen molar-refractivity contribution >= 4 is 11.6 Å². The highest BCUT2D eigenvalue weighted by atomic mass is 16.1. The predicted octanol–water partition coefficient (Wildman–Crippen LogP) is 2.47. The average Bonchev–Trinajstić information content (AvgIpc) is 2.80. The van der Waals surface area contributed by atoms with Gasteiger partial charge in [-0.2, -0.15) is 5.10 Å². The molecule has 0 saturated carbocycles. The van der Waals surface area contributed by atoms with Crippen LogP contribution in [-0.2, 0) is 11.3 Å². The van der Waals surface area contributed by atoms with Crippen LogP contribution in [0.4, 0.5) is 5.69 Å². The molecule has 2 aromatic rings. The van der Waals surface area contributed by atoms with E-state index in [1.807, 2.05) is 0 Å². The van der Waals surface area contributed by atoms with E-state index in [1.54, 1.807) is 12.4 Å². The lowest BCUT2D eigenvalue weighted by atomic mass is 9.96. The van der Waals surface area contributed by atoms with Crippen LogP contribution in [0, 0.1) is 20.8 Å². The highest BCUT2D eigenvalue weighted by Crippen LogP contribution is 2.24. The van der Waals surface area contributed by atoms with Crippen LogP contribution in [0.15, 0.2) is 24.5 Å². The minimum absolute atomic E-state index is 0.0960. The summed E-state index contributed by atoms with van der Waals surface area (Å²) in [5.41, 5.74) is 11.2. The monoisotopic (exact) mass is 286 g/mol. The van der Waals surface area contributed by atoms with Crippen molar-refractivity contribution in [2.75, 3.05) is 5.32 Å². The average molecular weight is 286 g/mol. The summed E-state index contributed by atoms with van der Waals surface area (Å²) in [6.45, 7) is 8.58. The quantitative estimate of drug-likeness (QED) is 0.886. The summed E-state index contributed by atoms with van der Waals surface area (Å²) in [6, 6.07) is 4.59. The number of rotatable bonds is 5. The topological polar surface area (TPSA) is 72.9 Å². The summed E-state index contributed by atoms with van der Waals surface area (Å²) in [5, 5.41) is 7.51. The molecule has 1 heterocycles. The third-order valence-electron chi connectivity index (χ3n) is 3.68. The first kappa shape index (κ1) is 15.1. The standard InChI is InChI=1S/C16H22N4O/c1-10-5-12(3)15(6-11(10)2)13(4)19-14-7-18-20(8-14)9-16(17)21/h5-8,13,19H,9H2,1-4H3,(H2,17,21). The van der Waals surface area contributed by atoms with E-state index in [9.17, 15) is 4.79 Å². The number of carbonyl (C=O) groups is 1. The number of primary amides is 1. The summed E-state index contributed by atoms with van der Waals surface area (Å²) in [7, 11) is 0. The van der Waals surface area contributed by atoms with Crippen molar-refractivity contribution in [3.63, 3.8) is 0 Å². The molecule has 3 N–H and O–H groups in total. The van der Waals surface area contributed by atoms with Crippen molar-refractivity contribution in [2.45, 2.75) is 40.3 Å². The van der Waals surface area contributed by atoms with Crippen LogP contribution in [-0.4, -0.2) is 15.7 Å². The van der Waals surface area contributed by atoms with Gasteiger partial charge >= 0.3 is 0 Å². The van der Waals surface area contributed by atoms with Gasteiger partial charge < -0.3 is 11.1 Å². The van der Waals surface area contributed by atoms with Crippen molar-refractivity contribution in [2.24, 2.45) is 5.73 Å². The van der Waals surface area contributed by atoms with Crippen molar-refractivity contribution in [1.82, 2.24) is 9.78 Å². The Hall–Kier alpha value is -2.30. The SMILES string of the molecule is Cc1cc(C)c(C(C)Nc2cnn(CC(N)=O)c2)cc1C. The number of amides is 1. The molecule has 0 spiro atoms. The second-order valence-electron chi connectivity index (χ2n) is 5.55. The fourth-order valence-electron chi connectivity index (χ4n) is 2.46. The molecule has 112 valence electrons. The zero-order valence-electron chi connectivity index (χ0n) is 13.0. The maximum Gasteiger partial charge on any atom is 0.239 e. The normalized spacial score (nSPS) is 12.2. The fraction of sp³-hybridized carbons (Fsp3) is 0.375. The molecular weight excluding hydrogens is 264 g/mol. The van der Waals surface area contributed by atoms with Gasteiger partial charge in [0.25, 0.3) is 0 Å². The van der Waals surface area contributed by atoms with E-state index in [1.165, 1.54) is 26.9 Å². The maximum atomic E-state index is 10.9. The van der Waals surface area contributed by atoms with Crippen LogP contribution in [0.3, 0.4) is 0 Å². The van der Waals surface area contributed by atoms with Crippen molar-refractivity contribution < 1.29 is 4.79 Å². The molecule has 1 atom stereocenters. The number of aryl methyl sites for hydroxylation is 3. The summed E-state index contributed by atoms with van der Waals surface area (Å²) in [6.07, 6.45) is 3.49. The summed E-state index contributed by atoms with van der Waals surface area (Å²) >= 11 is 0. The molecule has 0 aliphatic carbocycles. The van der Waals surface area contributed by atoms with E-state index in [2.05, 4.69) is 50.2 Å². The van der Waals surface area contributed by atoms with Crippen LogP contribution >= 0.6 is 0 Å². The Morgan fingerprint density at radius 1 is 1.29 bits per heavy atom. The lowest BCUT2D eigenvalue weighted by Crippen LogP contribution is -2.18. The first-order valence-corrected chi connectivity index (χ1v) is 7.02. The van der Waals surface area contributed by atoms with Gasteiger partial charge in [0.15, 0.2) is 0 Å². The van der Waals surface area contributed by atoms with Crippen LogP contribution in [0.5, 0.6) is 0 Å². The van der Waals surface area contributed by atoms with E-state index >= 15 is 0 Å². The highest BCUT2D eigenvalue weighted by Gasteiger charge is 2.11. The Balaban J connectivity index is 2.14. The van der Waals surface area contributed by atoms with Gasteiger partial charge in [-0.15, -0.1) is 0 Å². The molecule has 5 heteroatoms. The minimum atomic E-state index is -0.400. The molecule has 1 amide bonds.